The summed E-state index contributed by atoms with van der Waals surface area (Å²) in [5.74, 6) is 1.11. The lowest BCUT2D eigenvalue weighted by Gasteiger charge is -2.12. The van der Waals surface area contributed by atoms with E-state index in [4.69, 9.17) is 4.74 Å². The number of benzene rings is 1. The van der Waals surface area contributed by atoms with Crippen LogP contribution in [0.3, 0.4) is 0 Å². The van der Waals surface area contributed by atoms with Crippen molar-refractivity contribution in [1.29, 1.82) is 0 Å². The zero-order chi connectivity index (χ0) is 16.5. The molecule has 24 heavy (non-hydrogen) atoms. The number of hydrogen-bond acceptors (Lipinski definition) is 3. The van der Waals surface area contributed by atoms with Crippen LogP contribution in [0.5, 0.6) is 5.75 Å². The molecule has 0 amide bonds. The first-order valence-electron chi connectivity index (χ1n) is 7.14. The van der Waals surface area contributed by atoms with E-state index in [1.165, 1.54) is 4.88 Å². The molecule has 0 saturated heterocycles. The van der Waals surface area contributed by atoms with Crippen molar-refractivity contribution in [2.45, 2.75) is 19.5 Å². The highest BCUT2D eigenvalue weighted by Crippen LogP contribution is 2.14. The Hall–Kier alpha value is -1.42. The third-order valence-corrected chi connectivity index (χ3v) is 3.84. The number of guanidine groups is 1. The maximum absolute atomic E-state index is 12.2. The third-order valence-electron chi connectivity index (χ3n) is 2.97. The summed E-state index contributed by atoms with van der Waals surface area (Å²) in [4.78, 5) is 5.37. The van der Waals surface area contributed by atoms with Crippen LogP contribution in [-0.4, -0.2) is 26.0 Å². The summed E-state index contributed by atoms with van der Waals surface area (Å²) in [6.07, 6.45) is -2.47. The van der Waals surface area contributed by atoms with Crippen molar-refractivity contribution in [3.8, 4) is 5.75 Å². The molecule has 0 atom stereocenters. The molecule has 4 nitrogen and oxygen atoms in total. The quantitative estimate of drug-likeness (QED) is 0.369. The molecule has 0 unspecified atom stereocenters. The number of halogens is 3. The normalized spacial score (nSPS) is 11.1. The molecule has 0 radical (unpaired) electrons. The monoisotopic (exact) mass is 467 g/mol. The van der Waals surface area contributed by atoms with Crippen LogP contribution < -0.4 is 15.4 Å². The molecule has 0 bridgehead atoms. The maximum atomic E-state index is 12.2. The highest BCUT2D eigenvalue weighted by atomic mass is 127. The Morgan fingerprint density at radius 2 is 2.00 bits per heavy atom. The maximum Gasteiger partial charge on any atom is 0.272 e. The summed E-state index contributed by atoms with van der Waals surface area (Å²) in [6.45, 7) is 0.631. The topological polar surface area (TPSA) is 45.7 Å². The smallest absolute Gasteiger partial charge is 0.272 e. The van der Waals surface area contributed by atoms with Gasteiger partial charge in [0.1, 0.15) is 12.4 Å². The Kier molecular flexibility index (Phi) is 9.62. The van der Waals surface area contributed by atoms with Crippen molar-refractivity contribution in [3.05, 3.63) is 52.2 Å². The average molecular weight is 467 g/mol. The van der Waals surface area contributed by atoms with Crippen LogP contribution in [-0.2, 0) is 13.1 Å². The van der Waals surface area contributed by atoms with Crippen LogP contribution >= 0.6 is 35.3 Å². The largest absolute Gasteiger partial charge is 0.488 e. The minimum Gasteiger partial charge on any atom is -0.488 e. The molecule has 1 aromatic carbocycles. The number of rotatable bonds is 7. The Balaban J connectivity index is 0.00000288. The van der Waals surface area contributed by atoms with Crippen LogP contribution in [0.15, 0.2) is 46.8 Å². The van der Waals surface area contributed by atoms with E-state index < -0.39 is 13.0 Å². The van der Waals surface area contributed by atoms with Crippen LogP contribution in [0.25, 0.3) is 0 Å². The molecule has 1 aromatic heterocycles. The lowest BCUT2D eigenvalue weighted by Crippen LogP contribution is -2.36. The van der Waals surface area contributed by atoms with Crippen molar-refractivity contribution in [1.82, 2.24) is 10.6 Å². The number of ether oxygens (including phenoxy) is 1. The highest BCUT2D eigenvalue weighted by molar-refractivity contribution is 14.0. The fourth-order valence-electron chi connectivity index (χ4n) is 1.89. The van der Waals surface area contributed by atoms with Gasteiger partial charge in [-0.1, -0.05) is 18.2 Å². The van der Waals surface area contributed by atoms with E-state index in [1.54, 1.807) is 36.6 Å². The first-order valence-corrected chi connectivity index (χ1v) is 8.02. The second-order valence-electron chi connectivity index (χ2n) is 4.71. The van der Waals surface area contributed by atoms with Crippen molar-refractivity contribution in [2.75, 3.05) is 13.7 Å². The van der Waals surface area contributed by atoms with Gasteiger partial charge < -0.3 is 15.4 Å². The van der Waals surface area contributed by atoms with Gasteiger partial charge in [0.25, 0.3) is 6.43 Å². The van der Waals surface area contributed by atoms with E-state index in [0.29, 0.717) is 24.8 Å². The number of hydrogen-bond donors (Lipinski definition) is 2. The molecule has 2 N–H and O–H groups in total. The van der Waals surface area contributed by atoms with Gasteiger partial charge in [0.15, 0.2) is 5.96 Å². The molecule has 1 heterocycles. The number of thiophene rings is 1. The second kappa shape index (κ2) is 11.2. The van der Waals surface area contributed by atoms with Crippen LogP contribution in [0.4, 0.5) is 8.78 Å². The fraction of sp³-hybridized carbons (Fsp3) is 0.312. The number of nitrogens with one attached hydrogen (secondary N) is 2. The molecule has 132 valence electrons. The van der Waals surface area contributed by atoms with Gasteiger partial charge >= 0.3 is 0 Å². The van der Waals surface area contributed by atoms with Crippen LogP contribution in [0, 0.1) is 0 Å². The van der Waals surface area contributed by atoms with Crippen molar-refractivity contribution in [3.63, 3.8) is 0 Å². The molecule has 8 heteroatoms. The summed E-state index contributed by atoms with van der Waals surface area (Å²) >= 11 is 1.68. The third kappa shape index (κ3) is 7.43. The predicted octanol–water partition coefficient (Wildman–Crippen LogP) is 3.88. The number of alkyl halides is 2. The minimum absolute atomic E-state index is 0. The van der Waals surface area contributed by atoms with Gasteiger partial charge in [-0.2, -0.15) is 0 Å². The Morgan fingerprint density at radius 3 is 2.67 bits per heavy atom. The van der Waals surface area contributed by atoms with E-state index in [1.807, 2.05) is 17.5 Å². The fourth-order valence-corrected chi connectivity index (χ4v) is 2.54. The molecule has 0 aliphatic carbocycles. The molecule has 0 aliphatic heterocycles. The van der Waals surface area contributed by atoms with Gasteiger partial charge in [0, 0.05) is 18.5 Å². The SMILES string of the molecule is CN=C(NCc1cccc(OCC(F)F)c1)NCc1cccs1.I. The lowest BCUT2D eigenvalue weighted by molar-refractivity contribution is 0.0818. The predicted molar refractivity (Wildman–Crippen MR) is 105 cm³/mol. The molecular formula is C16H20F2IN3OS. The Morgan fingerprint density at radius 1 is 1.21 bits per heavy atom. The van der Waals surface area contributed by atoms with Crippen LogP contribution in [0.2, 0.25) is 0 Å². The summed E-state index contributed by atoms with van der Waals surface area (Å²) in [5, 5.41) is 8.42. The molecule has 0 fully saturated rings. The summed E-state index contributed by atoms with van der Waals surface area (Å²) in [5.41, 5.74) is 0.927. The Bertz CT molecular complexity index is 624. The highest BCUT2D eigenvalue weighted by Gasteiger charge is 2.05. The molecular weight excluding hydrogens is 447 g/mol. The van der Waals surface area contributed by atoms with E-state index >= 15 is 0 Å². The minimum atomic E-state index is -2.47. The summed E-state index contributed by atoms with van der Waals surface area (Å²) in [6, 6.07) is 11.1. The van der Waals surface area contributed by atoms with Crippen molar-refractivity contribution < 1.29 is 13.5 Å². The van der Waals surface area contributed by atoms with E-state index in [-0.39, 0.29) is 24.0 Å². The molecule has 2 aromatic rings. The molecule has 2 rings (SSSR count). The van der Waals surface area contributed by atoms with Gasteiger partial charge in [0.2, 0.25) is 0 Å². The van der Waals surface area contributed by atoms with E-state index in [0.717, 1.165) is 5.56 Å². The molecule has 0 saturated carbocycles. The Labute approximate surface area is 161 Å². The van der Waals surface area contributed by atoms with Gasteiger partial charge in [-0.05, 0) is 29.1 Å². The standard InChI is InChI=1S/C16H19F2N3OS.HI/c1-19-16(21-10-14-6-3-7-23-14)20-9-12-4-2-5-13(8-12)22-11-15(17)18;/h2-8,15H,9-11H2,1H3,(H2,19,20,21);1H. The van der Waals surface area contributed by atoms with Gasteiger partial charge in [0.05, 0.1) is 6.54 Å². The summed E-state index contributed by atoms with van der Waals surface area (Å²) < 4.78 is 29.3. The zero-order valence-electron chi connectivity index (χ0n) is 13.2. The van der Waals surface area contributed by atoms with Crippen molar-refractivity contribution >= 4 is 41.3 Å². The van der Waals surface area contributed by atoms with Crippen molar-refractivity contribution in [2.24, 2.45) is 4.99 Å². The van der Waals surface area contributed by atoms with E-state index in [2.05, 4.69) is 21.7 Å². The molecule has 0 spiro atoms. The van der Waals surface area contributed by atoms with E-state index in [9.17, 15) is 8.78 Å². The van der Waals surface area contributed by atoms with Gasteiger partial charge in [-0.15, -0.1) is 35.3 Å². The first-order chi connectivity index (χ1) is 11.2. The van der Waals surface area contributed by atoms with Crippen LogP contribution in [0.1, 0.15) is 10.4 Å². The van der Waals surface area contributed by atoms with Gasteiger partial charge in [-0.25, -0.2) is 8.78 Å². The number of nitrogens with zero attached hydrogens (tertiary/aromatic N) is 1. The first kappa shape index (κ1) is 20.6. The molecule has 0 aliphatic rings. The lowest BCUT2D eigenvalue weighted by atomic mass is 10.2. The number of aliphatic imine (C=N–C) groups is 1. The van der Waals surface area contributed by atoms with Gasteiger partial charge in [-0.3, -0.25) is 4.99 Å². The summed E-state index contributed by atoms with van der Waals surface area (Å²) in [7, 11) is 1.70. The zero-order valence-corrected chi connectivity index (χ0v) is 16.3. The second-order valence-corrected chi connectivity index (χ2v) is 5.74. The average Bonchev–Trinajstić information content (AvgIpc) is 3.07.